The Morgan fingerprint density at radius 2 is 1.75 bits per heavy atom. The lowest BCUT2D eigenvalue weighted by atomic mass is 9.94. The van der Waals surface area contributed by atoms with Crippen LogP contribution in [0.3, 0.4) is 0 Å². The molecule has 1 heterocycles. The summed E-state index contributed by atoms with van der Waals surface area (Å²) in [4.78, 5) is 29.1. The van der Waals surface area contributed by atoms with Crippen LogP contribution >= 0.6 is 0 Å². The third-order valence-corrected chi connectivity index (χ3v) is 6.03. The largest absolute Gasteiger partial charge is 0.872 e. The number of likely N-dealkylation sites (tertiary alicyclic amines) is 1. The lowest BCUT2D eigenvalue weighted by Gasteiger charge is -2.29. The van der Waals surface area contributed by atoms with Gasteiger partial charge in [-0.2, -0.15) is 0 Å². The summed E-state index contributed by atoms with van der Waals surface area (Å²) < 4.78 is 16.8. The molecule has 0 bridgehead atoms. The van der Waals surface area contributed by atoms with Crippen molar-refractivity contribution in [2.75, 3.05) is 48.0 Å². The van der Waals surface area contributed by atoms with Crippen molar-refractivity contribution in [1.82, 2.24) is 4.90 Å². The van der Waals surface area contributed by atoms with Gasteiger partial charge in [0.25, 0.3) is 5.91 Å². The number of nitrogens with one attached hydrogen (secondary N) is 1. The molecule has 1 atom stereocenters. The quantitative estimate of drug-likeness (QED) is 0.288. The van der Waals surface area contributed by atoms with E-state index in [1.165, 1.54) is 24.0 Å². The summed E-state index contributed by atoms with van der Waals surface area (Å²) in [5, 5.41) is 13.7. The number of amides is 1. The van der Waals surface area contributed by atoms with E-state index in [2.05, 4.69) is 13.8 Å². The maximum Gasteiger partial charge on any atom is 0.295 e. The zero-order chi connectivity index (χ0) is 26.4. The molecule has 194 valence electrons. The van der Waals surface area contributed by atoms with Gasteiger partial charge in [0.15, 0.2) is 11.5 Å². The highest BCUT2D eigenvalue weighted by Crippen LogP contribution is 2.45. The molecule has 8 heteroatoms. The second kappa shape index (κ2) is 11.9. The second-order valence-corrected chi connectivity index (χ2v) is 9.60. The summed E-state index contributed by atoms with van der Waals surface area (Å²) >= 11 is 0. The lowest BCUT2D eigenvalue weighted by molar-refractivity contribution is -0.858. The molecule has 36 heavy (non-hydrogen) atoms. The molecule has 2 aromatic rings. The summed E-state index contributed by atoms with van der Waals surface area (Å²) in [5.74, 6) is -0.109. The fourth-order valence-electron chi connectivity index (χ4n) is 4.28. The number of hydrogen-bond acceptors (Lipinski definition) is 6. The van der Waals surface area contributed by atoms with Gasteiger partial charge < -0.3 is 29.1 Å². The molecule has 1 amide bonds. The minimum absolute atomic E-state index is 0.0837. The Bertz CT molecular complexity index is 1110. The smallest absolute Gasteiger partial charge is 0.295 e. The Kier molecular flexibility index (Phi) is 8.98. The van der Waals surface area contributed by atoms with Crippen molar-refractivity contribution in [2.24, 2.45) is 5.92 Å². The van der Waals surface area contributed by atoms with Crippen molar-refractivity contribution in [3.05, 3.63) is 59.2 Å². The zero-order valence-electron chi connectivity index (χ0n) is 21.9. The van der Waals surface area contributed by atoms with Crippen LogP contribution in [0.1, 0.15) is 37.4 Å². The number of benzene rings is 2. The molecule has 1 aliphatic rings. The zero-order valence-corrected chi connectivity index (χ0v) is 21.9. The molecule has 0 radical (unpaired) electrons. The number of quaternary nitrogens is 1. The van der Waals surface area contributed by atoms with Gasteiger partial charge in [0.1, 0.15) is 5.75 Å². The molecule has 1 aliphatic heterocycles. The van der Waals surface area contributed by atoms with E-state index in [4.69, 9.17) is 14.2 Å². The predicted octanol–water partition coefficient (Wildman–Crippen LogP) is 1.50. The Morgan fingerprint density at radius 1 is 1.06 bits per heavy atom. The molecule has 1 N–H and O–H groups in total. The number of Topliss-reactive ketones (excluding diaryl/α,β-unsaturated/α-hetero) is 1. The minimum Gasteiger partial charge on any atom is -0.872 e. The maximum absolute atomic E-state index is 13.7. The Labute approximate surface area is 213 Å². The number of ketones is 1. The number of methoxy groups -OCH3 is 2. The summed E-state index contributed by atoms with van der Waals surface area (Å²) in [6, 6.07) is 11.0. The van der Waals surface area contributed by atoms with E-state index in [0.717, 1.165) is 6.54 Å². The Morgan fingerprint density at radius 3 is 2.33 bits per heavy atom. The van der Waals surface area contributed by atoms with Crippen LogP contribution < -0.4 is 24.2 Å². The summed E-state index contributed by atoms with van der Waals surface area (Å²) in [6.45, 7) is 5.80. The topological polar surface area (TPSA) is 92.6 Å². The van der Waals surface area contributed by atoms with E-state index in [0.29, 0.717) is 53.9 Å². The number of para-hydroxylation sites is 1. The van der Waals surface area contributed by atoms with E-state index < -0.39 is 23.5 Å². The predicted molar refractivity (Wildman–Crippen MR) is 135 cm³/mol. The molecule has 1 fully saturated rings. The van der Waals surface area contributed by atoms with Gasteiger partial charge in [-0.3, -0.25) is 9.59 Å². The van der Waals surface area contributed by atoms with Crippen LogP contribution in [0.4, 0.5) is 0 Å². The Balaban J connectivity index is 2.10. The molecule has 0 spiro atoms. The molecular formula is C28H36N2O6. The first-order valence-electron chi connectivity index (χ1n) is 12.2. The molecule has 8 nitrogen and oxygen atoms in total. The minimum atomic E-state index is -0.878. The standard InChI is InChI=1S/C28H36N2O6/c1-18(2)17-36-20-13-11-19(12-14-20)25(31)23-24(21-9-7-10-22(34-5)27(21)35-6)30(28(33)26(23)32)16-8-15-29(3)4/h7,9-14,18,24,31H,8,15-17H2,1-6H3/b25-23+. The van der Waals surface area contributed by atoms with E-state index in [9.17, 15) is 14.7 Å². The third-order valence-electron chi connectivity index (χ3n) is 6.03. The van der Waals surface area contributed by atoms with E-state index in [1.54, 1.807) is 42.5 Å². The van der Waals surface area contributed by atoms with E-state index in [-0.39, 0.29) is 5.57 Å². The number of carbonyl (C=O) groups excluding carboxylic acids is 2. The molecule has 2 aromatic carbocycles. The van der Waals surface area contributed by atoms with Gasteiger partial charge in [0.05, 0.1) is 47.5 Å². The van der Waals surface area contributed by atoms with Crippen molar-refractivity contribution < 1.29 is 33.8 Å². The third kappa shape index (κ3) is 5.82. The van der Waals surface area contributed by atoms with Crippen molar-refractivity contribution in [2.45, 2.75) is 26.3 Å². The number of rotatable bonds is 11. The molecule has 0 saturated carbocycles. The van der Waals surface area contributed by atoms with Crippen molar-refractivity contribution in [3.63, 3.8) is 0 Å². The normalized spacial score (nSPS) is 17.2. The molecule has 1 unspecified atom stereocenters. The average molecular weight is 497 g/mol. The summed E-state index contributed by atoms with van der Waals surface area (Å²) in [7, 11) is 7.06. The van der Waals surface area contributed by atoms with Gasteiger partial charge in [-0.15, -0.1) is 0 Å². The molecule has 1 saturated heterocycles. The van der Waals surface area contributed by atoms with Gasteiger partial charge in [0.2, 0.25) is 5.78 Å². The monoisotopic (exact) mass is 496 g/mol. The second-order valence-electron chi connectivity index (χ2n) is 9.60. The fraction of sp³-hybridized carbons (Fsp3) is 0.429. The van der Waals surface area contributed by atoms with Crippen LogP contribution in [0.25, 0.3) is 5.76 Å². The van der Waals surface area contributed by atoms with E-state index >= 15 is 0 Å². The lowest BCUT2D eigenvalue weighted by Crippen LogP contribution is -3.05. The fourth-order valence-corrected chi connectivity index (χ4v) is 4.28. The first kappa shape index (κ1) is 27.1. The van der Waals surface area contributed by atoms with Gasteiger partial charge >= 0.3 is 0 Å². The van der Waals surface area contributed by atoms with Crippen LogP contribution in [-0.2, 0) is 9.59 Å². The molecular weight excluding hydrogens is 460 g/mol. The number of nitrogens with zero attached hydrogens (tertiary/aromatic N) is 1. The van der Waals surface area contributed by atoms with Crippen molar-refractivity contribution in [1.29, 1.82) is 0 Å². The van der Waals surface area contributed by atoms with Crippen molar-refractivity contribution in [3.8, 4) is 17.2 Å². The summed E-state index contributed by atoms with van der Waals surface area (Å²) in [5.41, 5.74) is 0.766. The van der Waals surface area contributed by atoms with Gasteiger partial charge in [0, 0.05) is 24.1 Å². The van der Waals surface area contributed by atoms with Gasteiger partial charge in [-0.25, -0.2) is 0 Å². The molecule has 3 rings (SSSR count). The summed E-state index contributed by atoms with van der Waals surface area (Å²) in [6.07, 6.45) is 0.674. The first-order chi connectivity index (χ1) is 17.2. The Hall–Kier alpha value is -3.52. The first-order valence-corrected chi connectivity index (χ1v) is 12.2. The van der Waals surface area contributed by atoms with Gasteiger partial charge in [-0.1, -0.05) is 43.9 Å². The highest BCUT2D eigenvalue weighted by atomic mass is 16.5. The highest BCUT2D eigenvalue weighted by Gasteiger charge is 2.45. The highest BCUT2D eigenvalue weighted by molar-refractivity contribution is 6.46. The van der Waals surface area contributed by atoms with E-state index in [1.807, 2.05) is 14.1 Å². The van der Waals surface area contributed by atoms with Crippen LogP contribution in [0.5, 0.6) is 17.2 Å². The van der Waals surface area contributed by atoms with Crippen LogP contribution in [0, 0.1) is 5.92 Å². The van der Waals surface area contributed by atoms with Crippen LogP contribution in [-0.4, -0.2) is 64.6 Å². The van der Waals surface area contributed by atoms with Gasteiger partial charge in [-0.05, 0) is 29.7 Å². The SMILES string of the molecule is COc1cccc(C2/C(=C(\[O-])c3ccc(OCC(C)C)cc3)C(=O)C(=O)N2CCC[NH+](C)C)c1OC. The number of carbonyl (C=O) groups is 2. The number of hydrogen-bond donors (Lipinski definition) is 1. The number of ether oxygens (including phenoxy) is 3. The van der Waals surface area contributed by atoms with Crippen LogP contribution in [0.15, 0.2) is 48.0 Å². The molecule has 0 aliphatic carbocycles. The average Bonchev–Trinajstić information content (AvgIpc) is 3.11. The van der Waals surface area contributed by atoms with Crippen molar-refractivity contribution >= 4 is 17.4 Å². The van der Waals surface area contributed by atoms with Crippen LogP contribution in [0.2, 0.25) is 0 Å². The molecule has 0 aromatic heterocycles. The maximum atomic E-state index is 13.7.